The summed E-state index contributed by atoms with van der Waals surface area (Å²) in [5, 5.41) is 21.9. The third-order valence-corrected chi connectivity index (χ3v) is 9.32. The van der Waals surface area contributed by atoms with Gasteiger partial charge in [-0.25, -0.2) is 5.53 Å². The Balaban J connectivity index is 1.16. The first kappa shape index (κ1) is 27.7. The molecular weight excluding hydrogens is 510 g/mol. The standard InChI is InChI=1S/C34H43N5O2/c1-21-15-27(41-14-13-33(4,5)40)16-22(2)32(21)28-8-6-7-24(23(28)3)20-35-26-9-10-29-25(17-26)19-34(11-12-34)30(29)18-31-36-38-39-37-31/h6-10,15-17,30-31,35,40H,11-14,18-20H2,1-5H3,(H,36,39)(H,37,38). The van der Waals surface area contributed by atoms with E-state index in [0.717, 1.165) is 18.7 Å². The fourth-order valence-corrected chi connectivity index (χ4v) is 6.86. The van der Waals surface area contributed by atoms with Crippen molar-refractivity contribution in [2.75, 3.05) is 11.9 Å². The molecule has 2 aliphatic carbocycles. The summed E-state index contributed by atoms with van der Waals surface area (Å²) in [5.41, 5.74) is 17.3. The van der Waals surface area contributed by atoms with E-state index in [9.17, 15) is 5.11 Å². The highest BCUT2D eigenvalue weighted by molar-refractivity contribution is 5.75. The number of benzene rings is 3. The van der Waals surface area contributed by atoms with Crippen molar-refractivity contribution in [3.05, 3.63) is 81.9 Å². The number of hydrazine groups is 1. The molecule has 6 rings (SSSR count). The van der Waals surface area contributed by atoms with Crippen molar-refractivity contribution in [1.82, 2.24) is 11.0 Å². The molecule has 0 amide bonds. The van der Waals surface area contributed by atoms with Crippen LogP contribution in [0.5, 0.6) is 5.75 Å². The van der Waals surface area contributed by atoms with E-state index in [1.165, 1.54) is 69.5 Å². The van der Waals surface area contributed by atoms with Crippen LogP contribution in [0.2, 0.25) is 0 Å². The summed E-state index contributed by atoms with van der Waals surface area (Å²) < 4.78 is 5.98. The summed E-state index contributed by atoms with van der Waals surface area (Å²) in [6.45, 7) is 11.4. The van der Waals surface area contributed by atoms with Crippen LogP contribution in [0.3, 0.4) is 0 Å². The number of nitrogens with one attached hydrogen (secondary N) is 3. The molecule has 7 heteroatoms. The summed E-state index contributed by atoms with van der Waals surface area (Å²) in [6, 6.07) is 17.8. The van der Waals surface area contributed by atoms with E-state index in [-0.39, 0.29) is 6.17 Å². The van der Waals surface area contributed by atoms with Gasteiger partial charge in [-0.1, -0.05) is 29.5 Å². The van der Waals surface area contributed by atoms with Gasteiger partial charge in [-0.2, -0.15) is 5.43 Å². The van der Waals surface area contributed by atoms with Crippen LogP contribution >= 0.6 is 0 Å². The van der Waals surface area contributed by atoms with Crippen LogP contribution < -0.4 is 21.0 Å². The van der Waals surface area contributed by atoms with Crippen molar-refractivity contribution in [2.45, 2.75) is 91.0 Å². The van der Waals surface area contributed by atoms with Gasteiger partial charge in [-0.3, -0.25) is 0 Å². The molecule has 3 aromatic rings. The molecule has 4 N–H and O–H groups in total. The largest absolute Gasteiger partial charge is 0.493 e. The summed E-state index contributed by atoms with van der Waals surface area (Å²) in [6.07, 6.45) is 5.44. The SMILES string of the molecule is Cc1cc(OCCC(C)(C)O)cc(C)c1-c1cccc(CNc2ccc3c(c2)CC2(CC2)C3CC2N=NNN2)c1C. The lowest BCUT2D eigenvalue weighted by Gasteiger charge is -2.21. The van der Waals surface area contributed by atoms with Gasteiger partial charge in [0.05, 0.1) is 12.2 Å². The molecule has 1 saturated carbocycles. The number of hydrogen-bond acceptors (Lipinski definition) is 7. The normalized spacial score (nSPS) is 20.2. The Morgan fingerprint density at radius 3 is 2.54 bits per heavy atom. The van der Waals surface area contributed by atoms with Crippen LogP contribution in [0.1, 0.15) is 78.8 Å². The highest BCUT2D eigenvalue weighted by atomic mass is 16.5. The molecule has 1 heterocycles. The molecule has 2 atom stereocenters. The maximum absolute atomic E-state index is 10.00. The monoisotopic (exact) mass is 553 g/mol. The molecule has 1 aliphatic heterocycles. The van der Waals surface area contributed by atoms with Crippen molar-refractivity contribution in [3.8, 4) is 16.9 Å². The van der Waals surface area contributed by atoms with Crippen LogP contribution in [-0.2, 0) is 13.0 Å². The molecule has 0 radical (unpaired) electrons. The minimum Gasteiger partial charge on any atom is -0.493 e. The zero-order chi connectivity index (χ0) is 28.8. The van der Waals surface area contributed by atoms with Gasteiger partial charge >= 0.3 is 0 Å². The van der Waals surface area contributed by atoms with Crippen LogP contribution in [0, 0.1) is 26.2 Å². The van der Waals surface area contributed by atoms with Gasteiger partial charge in [-0.15, -0.1) is 5.11 Å². The lowest BCUT2D eigenvalue weighted by atomic mass is 9.86. The van der Waals surface area contributed by atoms with Gasteiger partial charge < -0.3 is 15.2 Å². The first-order chi connectivity index (χ1) is 19.6. The second-order valence-electron chi connectivity index (χ2n) is 13.0. The molecule has 41 heavy (non-hydrogen) atoms. The number of ether oxygens (including phenoxy) is 1. The summed E-state index contributed by atoms with van der Waals surface area (Å²) in [7, 11) is 0. The number of hydrogen-bond donors (Lipinski definition) is 4. The molecule has 216 valence electrons. The molecule has 0 aromatic heterocycles. The Morgan fingerprint density at radius 2 is 1.85 bits per heavy atom. The van der Waals surface area contributed by atoms with Crippen LogP contribution in [-0.4, -0.2) is 23.5 Å². The second-order valence-corrected chi connectivity index (χ2v) is 13.0. The van der Waals surface area contributed by atoms with Crippen molar-refractivity contribution in [2.24, 2.45) is 15.8 Å². The Bertz CT molecular complexity index is 1450. The average molecular weight is 554 g/mol. The molecule has 0 bridgehead atoms. The summed E-state index contributed by atoms with van der Waals surface area (Å²) >= 11 is 0. The highest BCUT2D eigenvalue weighted by Crippen LogP contribution is 2.64. The van der Waals surface area contributed by atoms with Gasteiger partial charge in [-0.05, 0) is 140 Å². The molecule has 3 aromatic carbocycles. The fraction of sp³-hybridized carbons (Fsp3) is 0.471. The van der Waals surface area contributed by atoms with Gasteiger partial charge in [0.25, 0.3) is 0 Å². The number of aliphatic hydroxyl groups is 1. The van der Waals surface area contributed by atoms with Crippen LogP contribution in [0.15, 0.2) is 58.9 Å². The van der Waals surface area contributed by atoms with Crippen LogP contribution in [0.4, 0.5) is 5.69 Å². The number of anilines is 1. The molecular formula is C34H43N5O2. The predicted molar refractivity (Wildman–Crippen MR) is 164 cm³/mol. The maximum Gasteiger partial charge on any atom is 0.141 e. The quantitative estimate of drug-likeness (QED) is 0.216. The molecule has 1 fully saturated rings. The van der Waals surface area contributed by atoms with E-state index >= 15 is 0 Å². The number of rotatable bonds is 10. The van der Waals surface area contributed by atoms with E-state index in [4.69, 9.17) is 4.74 Å². The molecule has 3 aliphatic rings. The van der Waals surface area contributed by atoms with Gasteiger partial charge in [0.1, 0.15) is 11.9 Å². The van der Waals surface area contributed by atoms with Crippen molar-refractivity contribution in [3.63, 3.8) is 0 Å². The number of aryl methyl sites for hydroxylation is 2. The van der Waals surface area contributed by atoms with Crippen molar-refractivity contribution in [1.29, 1.82) is 0 Å². The smallest absolute Gasteiger partial charge is 0.141 e. The van der Waals surface area contributed by atoms with E-state index in [2.05, 4.69) is 95.9 Å². The Kier molecular flexibility index (Phi) is 7.28. The third-order valence-electron chi connectivity index (χ3n) is 9.32. The predicted octanol–water partition coefficient (Wildman–Crippen LogP) is 7.04. The summed E-state index contributed by atoms with van der Waals surface area (Å²) in [5.74, 6) is 1.41. The van der Waals surface area contributed by atoms with Gasteiger partial charge in [0, 0.05) is 18.7 Å². The van der Waals surface area contributed by atoms with E-state index in [1.54, 1.807) is 0 Å². The zero-order valence-electron chi connectivity index (χ0n) is 25.0. The molecule has 2 unspecified atom stereocenters. The molecule has 0 saturated heterocycles. The fourth-order valence-electron chi connectivity index (χ4n) is 6.86. The zero-order valence-corrected chi connectivity index (χ0v) is 25.0. The second kappa shape index (κ2) is 10.8. The minimum absolute atomic E-state index is 0.0613. The highest BCUT2D eigenvalue weighted by Gasteiger charge is 2.54. The minimum atomic E-state index is -0.727. The third kappa shape index (κ3) is 5.84. The van der Waals surface area contributed by atoms with Crippen molar-refractivity contribution >= 4 is 5.69 Å². The number of fused-ring (bicyclic) bond motifs is 1. The van der Waals surface area contributed by atoms with E-state index in [0.29, 0.717) is 24.4 Å². The maximum atomic E-state index is 10.00. The average Bonchev–Trinajstić information content (AvgIpc) is 3.36. The van der Waals surface area contributed by atoms with E-state index < -0.39 is 5.60 Å². The molecule has 7 nitrogen and oxygen atoms in total. The first-order valence-electron chi connectivity index (χ1n) is 14.9. The molecule has 1 spiro atoms. The van der Waals surface area contributed by atoms with E-state index in [1.807, 2.05) is 13.8 Å². The number of nitrogens with zero attached hydrogens (tertiary/aromatic N) is 2. The Morgan fingerprint density at radius 1 is 1.07 bits per heavy atom. The van der Waals surface area contributed by atoms with Gasteiger partial charge in [0.15, 0.2) is 0 Å². The Hall–Kier alpha value is -3.42. The van der Waals surface area contributed by atoms with Crippen LogP contribution in [0.25, 0.3) is 11.1 Å². The van der Waals surface area contributed by atoms with Gasteiger partial charge in [0.2, 0.25) is 0 Å². The van der Waals surface area contributed by atoms with Crippen molar-refractivity contribution < 1.29 is 9.84 Å². The lowest BCUT2D eigenvalue weighted by molar-refractivity contribution is 0.0553. The summed E-state index contributed by atoms with van der Waals surface area (Å²) in [4.78, 5) is 0. The lowest BCUT2D eigenvalue weighted by Crippen LogP contribution is -2.32. The Labute approximate surface area is 243 Å². The topological polar surface area (TPSA) is 90.3 Å². The first-order valence-corrected chi connectivity index (χ1v) is 14.9.